The molecule has 6 heteroatoms. The van der Waals surface area contributed by atoms with Gasteiger partial charge in [0.2, 0.25) is 0 Å². The molecule has 2 saturated heterocycles. The number of methoxy groups -OCH3 is 1. The van der Waals surface area contributed by atoms with E-state index in [4.69, 9.17) is 27.9 Å². The molecule has 2 aliphatic heterocycles. The molecule has 0 radical (unpaired) electrons. The van der Waals surface area contributed by atoms with Gasteiger partial charge in [-0.05, 0) is 88.0 Å². The third kappa shape index (κ3) is 4.62. The zero-order chi connectivity index (χ0) is 23.9. The van der Waals surface area contributed by atoms with Gasteiger partial charge in [-0.15, -0.1) is 0 Å². The first-order chi connectivity index (χ1) is 15.6. The molecule has 0 unspecified atom stereocenters. The Hall–Kier alpha value is -1.75. The van der Waals surface area contributed by atoms with Crippen LogP contribution in [0.5, 0.6) is 0 Å². The summed E-state index contributed by atoms with van der Waals surface area (Å²) in [7, 11) is 1.48. The standard InChI is InChI=1S/C27H34Cl2N2O2/c1-17-13-21(27(3,4)31-11-9-19(10-12-31)26(32)33-5)14-18(2)24(17)20-15-30(16-20)25-22(28)7-6-8-23(25)29/h6-8,13-14,19-20H,9-12,15-16H2,1-5H3. The SMILES string of the molecule is COC(=O)C1CCN(C(C)(C)c2cc(C)c(C3CN(c4c(Cl)cccc4Cl)C3)c(C)c2)CC1. The summed E-state index contributed by atoms with van der Waals surface area (Å²) in [5, 5.41) is 1.42. The first-order valence-electron chi connectivity index (χ1n) is 11.8. The van der Waals surface area contributed by atoms with Crippen molar-refractivity contribution in [1.82, 2.24) is 4.90 Å². The fourth-order valence-corrected chi connectivity index (χ4v) is 6.27. The zero-order valence-electron chi connectivity index (χ0n) is 20.3. The van der Waals surface area contributed by atoms with Gasteiger partial charge in [0.05, 0.1) is 28.8 Å². The fourth-order valence-electron chi connectivity index (χ4n) is 5.63. The molecule has 4 rings (SSSR count). The molecule has 0 aromatic heterocycles. The predicted octanol–water partition coefficient (Wildman–Crippen LogP) is 6.33. The van der Waals surface area contributed by atoms with E-state index in [1.54, 1.807) is 0 Å². The second-order valence-corrected chi connectivity index (χ2v) is 10.9. The van der Waals surface area contributed by atoms with E-state index in [0.29, 0.717) is 16.0 Å². The van der Waals surface area contributed by atoms with Crippen LogP contribution in [0.4, 0.5) is 5.69 Å². The van der Waals surface area contributed by atoms with Crippen LogP contribution in [-0.2, 0) is 15.1 Å². The lowest BCUT2D eigenvalue weighted by Gasteiger charge is -2.45. The van der Waals surface area contributed by atoms with Gasteiger partial charge < -0.3 is 9.64 Å². The number of likely N-dealkylation sites (tertiary alicyclic amines) is 1. The van der Waals surface area contributed by atoms with Gasteiger partial charge in [0.25, 0.3) is 0 Å². The molecule has 33 heavy (non-hydrogen) atoms. The van der Waals surface area contributed by atoms with E-state index in [0.717, 1.165) is 44.7 Å². The molecule has 2 aliphatic rings. The number of hydrogen-bond donors (Lipinski definition) is 0. The Bertz CT molecular complexity index is 995. The predicted molar refractivity (Wildman–Crippen MR) is 137 cm³/mol. The first-order valence-corrected chi connectivity index (χ1v) is 12.5. The minimum absolute atomic E-state index is 0.0288. The van der Waals surface area contributed by atoms with Crippen LogP contribution in [0.15, 0.2) is 30.3 Å². The molecule has 4 nitrogen and oxygen atoms in total. The van der Waals surface area contributed by atoms with Gasteiger partial charge in [0, 0.05) is 24.5 Å². The van der Waals surface area contributed by atoms with Gasteiger partial charge in [-0.2, -0.15) is 0 Å². The molecular formula is C27H34Cl2N2O2. The number of halogens is 2. The number of piperidine rings is 1. The highest BCUT2D eigenvalue weighted by Crippen LogP contribution is 2.42. The highest BCUT2D eigenvalue weighted by Gasteiger charge is 2.36. The van der Waals surface area contributed by atoms with Crippen LogP contribution >= 0.6 is 23.2 Å². The summed E-state index contributed by atoms with van der Waals surface area (Å²) in [6.45, 7) is 12.7. The molecule has 2 heterocycles. The summed E-state index contributed by atoms with van der Waals surface area (Å²) in [6.07, 6.45) is 1.71. The number of carbonyl (C=O) groups is 1. The summed E-state index contributed by atoms with van der Waals surface area (Å²) in [6, 6.07) is 10.4. The van der Waals surface area contributed by atoms with E-state index in [1.165, 1.54) is 29.4 Å². The lowest BCUT2D eigenvalue weighted by molar-refractivity contribution is -0.147. The van der Waals surface area contributed by atoms with Gasteiger partial charge in [-0.25, -0.2) is 0 Å². The Morgan fingerprint density at radius 2 is 1.58 bits per heavy atom. The summed E-state index contributed by atoms with van der Waals surface area (Å²) in [5.41, 5.74) is 6.32. The van der Waals surface area contributed by atoms with Crippen molar-refractivity contribution in [2.24, 2.45) is 5.92 Å². The minimum Gasteiger partial charge on any atom is -0.469 e. The number of carbonyl (C=O) groups excluding carboxylic acids is 1. The van der Waals surface area contributed by atoms with Crippen molar-refractivity contribution < 1.29 is 9.53 Å². The molecule has 2 fully saturated rings. The van der Waals surface area contributed by atoms with Crippen molar-refractivity contribution >= 4 is 34.9 Å². The normalized spacial score (nSPS) is 18.3. The minimum atomic E-state index is -0.0914. The number of aryl methyl sites for hydroxylation is 2. The highest BCUT2D eigenvalue weighted by atomic mass is 35.5. The number of esters is 1. The number of para-hydroxylation sites is 1. The van der Waals surface area contributed by atoms with E-state index in [2.05, 4.69) is 49.6 Å². The van der Waals surface area contributed by atoms with Crippen molar-refractivity contribution in [2.45, 2.75) is 52.0 Å². The lowest BCUT2D eigenvalue weighted by Crippen LogP contribution is -2.47. The van der Waals surface area contributed by atoms with Gasteiger partial charge in [-0.1, -0.05) is 41.4 Å². The molecule has 2 aromatic carbocycles. The maximum absolute atomic E-state index is 11.9. The number of ether oxygens (including phenoxy) is 1. The second-order valence-electron chi connectivity index (χ2n) is 10.0. The summed E-state index contributed by atoms with van der Waals surface area (Å²) in [5.74, 6) is 0.433. The molecule has 0 atom stereocenters. The average Bonchev–Trinajstić information content (AvgIpc) is 2.75. The molecule has 0 amide bonds. The Morgan fingerprint density at radius 1 is 1.03 bits per heavy atom. The van der Waals surface area contributed by atoms with Crippen molar-refractivity contribution in [3.05, 3.63) is 62.6 Å². The van der Waals surface area contributed by atoms with Crippen LogP contribution < -0.4 is 4.90 Å². The summed E-state index contributed by atoms with van der Waals surface area (Å²) >= 11 is 12.8. The van der Waals surface area contributed by atoms with E-state index in [-0.39, 0.29) is 17.4 Å². The van der Waals surface area contributed by atoms with Crippen molar-refractivity contribution in [2.75, 3.05) is 38.2 Å². The Balaban J connectivity index is 1.48. The monoisotopic (exact) mass is 488 g/mol. The fraction of sp³-hybridized carbons (Fsp3) is 0.519. The summed E-state index contributed by atoms with van der Waals surface area (Å²) < 4.78 is 4.95. The topological polar surface area (TPSA) is 32.8 Å². The largest absolute Gasteiger partial charge is 0.469 e. The number of nitrogens with zero attached hydrogens (tertiary/aromatic N) is 2. The van der Waals surface area contributed by atoms with Gasteiger partial charge in [-0.3, -0.25) is 9.69 Å². The molecule has 0 spiro atoms. The van der Waals surface area contributed by atoms with Gasteiger partial charge in [0.1, 0.15) is 0 Å². The quantitative estimate of drug-likeness (QED) is 0.460. The molecule has 178 valence electrons. The van der Waals surface area contributed by atoms with Crippen molar-refractivity contribution in [3.8, 4) is 0 Å². The number of hydrogen-bond acceptors (Lipinski definition) is 4. The molecule has 2 aromatic rings. The number of benzene rings is 2. The summed E-state index contributed by atoms with van der Waals surface area (Å²) in [4.78, 5) is 16.7. The van der Waals surface area contributed by atoms with Crippen LogP contribution in [0.2, 0.25) is 10.0 Å². The average molecular weight is 489 g/mol. The second kappa shape index (κ2) is 9.48. The molecule has 0 N–H and O–H groups in total. The van der Waals surface area contributed by atoms with Crippen molar-refractivity contribution in [1.29, 1.82) is 0 Å². The third-order valence-corrected chi connectivity index (χ3v) is 8.27. The van der Waals surface area contributed by atoms with E-state index in [9.17, 15) is 4.79 Å². The van der Waals surface area contributed by atoms with E-state index in [1.807, 2.05) is 18.2 Å². The highest BCUT2D eigenvalue weighted by molar-refractivity contribution is 6.39. The van der Waals surface area contributed by atoms with Crippen LogP contribution in [0.3, 0.4) is 0 Å². The van der Waals surface area contributed by atoms with Gasteiger partial charge in [0.15, 0.2) is 0 Å². The zero-order valence-corrected chi connectivity index (χ0v) is 21.8. The van der Waals surface area contributed by atoms with E-state index >= 15 is 0 Å². The Morgan fingerprint density at radius 3 is 2.09 bits per heavy atom. The lowest BCUT2D eigenvalue weighted by atomic mass is 9.80. The maximum atomic E-state index is 11.9. The third-order valence-electron chi connectivity index (χ3n) is 7.66. The molecule has 0 saturated carbocycles. The van der Waals surface area contributed by atoms with Crippen LogP contribution in [0.25, 0.3) is 0 Å². The van der Waals surface area contributed by atoms with Gasteiger partial charge >= 0.3 is 5.97 Å². The van der Waals surface area contributed by atoms with Crippen LogP contribution in [0, 0.1) is 19.8 Å². The van der Waals surface area contributed by atoms with Crippen LogP contribution in [-0.4, -0.2) is 44.2 Å². The Labute approximate surface area is 207 Å². The number of rotatable bonds is 5. The maximum Gasteiger partial charge on any atom is 0.308 e. The molecule has 0 bridgehead atoms. The first kappa shape index (κ1) is 24.4. The molecule has 0 aliphatic carbocycles. The number of anilines is 1. The Kier molecular flexibility index (Phi) is 7.00. The van der Waals surface area contributed by atoms with E-state index < -0.39 is 0 Å². The smallest absolute Gasteiger partial charge is 0.308 e. The van der Waals surface area contributed by atoms with Crippen LogP contribution in [0.1, 0.15) is 54.9 Å². The molecular weight excluding hydrogens is 455 g/mol. The van der Waals surface area contributed by atoms with Crippen molar-refractivity contribution in [3.63, 3.8) is 0 Å².